The number of aliphatic hydroxyl groups is 2. The van der Waals surface area contributed by atoms with Crippen LogP contribution in [0.15, 0.2) is 33.3 Å². The first-order valence-electron chi connectivity index (χ1n) is 13.3. The molecule has 1 aliphatic carbocycles. The molecule has 0 bridgehead atoms. The maximum atomic E-state index is 13.3. The predicted octanol–water partition coefficient (Wildman–Crippen LogP) is 3.30. The van der Waals surface area contributed by atoms with Crippen LogP contribution in [0.1, 0.15) is 69.8 Å². The number of rotatable bonds is 13. The summed E-state index contributed by atoms with van der Waals surface area (Å²) >= 11 is 0. The summed E-state index contributed by atoms with van der Waals surface area (Å²) in [7, 11) is 0. The minimum atomic E-state index is -0.844. The van der Waals surface area contributed by atoms with Crippen LogP contribution in [0, 0.1) is 17.8 Å². The van der Waals surface area contributed by atoms with Crippen molar-refractivity contribution in [1.29, 1.82) is 0 Å². The monoisotopic (exact) mass is 515 g/mol. The van der Waals surface area contributed by atoms with Gasteiger partial charge in [-0.2, -0.15) is 0 Å². The maximum absolute atomic E-state index is 13.3. The van der Waals surface area contributed by atoms with E-state index < -0.39 is 17.8 Å². The predicted molar refractivity (Wildman–Crippen MR) is 134 cm³/mol. The zero-order chi connectivity index (χ0) is 26.5. The van der Waals surface area contributed by atoms with Gasteiger partial charge in [0.25, 0.3) is 0 Å². The van der Waals surface area contributed by atoms with Gasteiger partial charge < -0.3 is 24.5 Å². The number of carbonyl (C=O) groups is 3. The van der Waals surface area contributed by atoms with Crippen LogP contribution < -0.4 is 0 Å². The number of likely N-dealkylation sites (tertiary alicyclic amines) is 1. The van der Waals surface area contributed by atoms with Crippen molar-refractivity contribution in [2.24, 2.45) is 17.8 Å². The number of fused-ring (bicyclic) bond motifs is 3. The van der Waals surface area contributed by atoms with Gasteiger partial charge in [-0.25, -0.2) is 0 Å². The molecule has 0 unspecified atom stereocenters. The van der Waals surface area contributed by atoms with E-state index in [1.165, 1.54) is 10.5 Å². The molecular formula is C28H37NO8. The Morgan fingerprint density at radius 2 is 1.89 bits per heavy atom. The van der Waals surface area contributed by atoms with Crippen LogP contribution in [0.5, 0.6) is 0 Å². The molecule has 2 fully saturated rings. The topological polar surface area (TPSA) is 138 Å². The molecule has 9 nitrogen and oxygen atoms in total. The Labute approximate surface area is 216 Å². The molecule has 1 aromatic heterocycles. The minimum absolute atomic E-state index is 0.0846. The average Bonchev–Trinajstić information content (AvgIpc) is 3.58. The Kier molecular flexibility index (Phi) is 9.00. The van der Waals surface area contributed by atoms with Gasteiger partial charge in [-0.05, 0) is 67.9 Å². The van der Waals surface area contributed by atoms with Crippen LogP contribution in [0.25, 0.3) is 6.08 Å². The smallest absolute Gasteiger partial charge is 0.303 e. The molecule has 0 radical (unpaired) electrons. The second-order valence-corrected chi connectivity index (χ2v) is 10.2. The number of hydrogen-bond donors (Lipinski definition) is 3. The number of imide groups is 1. The van der Waals surface area contributed by atoms with Crippen molar-refractivity contribution in [3.05, 3.63) is 40.4 Å². The van der Waals surface area contributed by atoms with Crippen LogP contribution in [0.4, 0.5) is 0 Å². The standard InChI is InChI=1S/C28H37NO8/c1-2-17(12-19-8-9-20(15-31)37-19)7-10-23-25-18(14-30)13-21-26(22(25)16-36-23)28(35)29(27(21)34)11-5-3-4-6-24(32)33/h8-9,12,21-23,26,30-31H,2-7,10-11,13-16H2,1H3,(H,32,33)/b17-12+/t21-,22+,23-,26-/m1/s1. The van der Waals surface area contributed by atoms with Crippen molar-refractivity contribution >= 4 is 23.9 Å². The van der Waals surface area contributed by atoms with Gasteiger partial charge in [0.05, 0.1) is 31.2 Å². The lowest BCUT2D eigenvalue weighted by atomic mass is 9.69. The van der Waals surface area contributed by atoms with Gasteiger partial charge in [0, 0.05) is 18.9 Å². The minimum Gasteiger partial charge on any atom is -0.481 e. The molecule has 4 rings (SSSR count). The van der Waals surface area contributed by atoms with E-state index in [4.69, 9.17) is 14.3 Å². The number of amides is 2. The molecular weight excluding hydrogens is 478 g/mol. The summed E-state index contributed by atoms with van der Waals surface area (Å²) in [5.41, 5.74) is 2.98. The third kappa shape index (κ3) is 5.89. The number of furan rings is 1. The van der Waals surface area contributed by atoms with E-state index >= 15 is 0 Å². The number of ether oxygens (including phenoxy) is 1. The number of carboxylic acid groups (broad SMARTS) is 1. The van der Waals surface area contributed by atoms with Gasteiger partial charge >= 0.3 is 5.97 Å². The van der Waals surface area contributed by atoms with Gasteiger partial charge in [-0.3, -0.25) is 19.3 Å². The van der Waals surface area contributed by atoms with E-state index in [0.717, 1.165) is 24.0 Å². The molecule has 1 aromatic rings. The third-order valence-corrected chi connectivity index (χ3v) is 7.93. The first kappa shape index (κ1) is 27.3. The number of aliphatic carboxylic acids is 1. The van der Waals surface area contributed by atoms with Crippen molar-refractivity contribution in [2.45, 2.75) is 71.0 Å². The van der Waals surface area contributed by atoms with Crippen molar-refractivity contribution in [1.82, 2.24) is 4.90 Å². The summed E-state index contributed by atoms with van der Waals surface area (Å²) in [5.74, 6) is -1.10. The highest BCUT2D eigenvalue weighted by molar-refractivity contribution is 6.06. The molecule has 3 aliphatic rings. The van der Waals surface area contributed by atoms with Crippen LogP contribution in [0.3, 0.4) is 0 Å². The van der Waals surface area contributed by atoms with Gasteiger partial charge in [-0.15, -0.1) is 0 Å². The molecule has 2 amide bonds. The largest absolute Gasteiger partial charge is 0.481 e. The SMILES string of the molecule is CC/C(=C\c1ccc(CO)o1)CC[C@H]1OC[C@H]2C1=C(CO)C[C@H]1C(=O)N(CCCCCC(=O)O)C(=O)[C@H]12. The van der Waals surface area contributed by atoms with Gasteiger partial charge in [0.2, 0.25) is 11.8 Å². The normalized spacial score (nSPS) is 25.7. The molecule has 0 spiro atoms. The first-order valence-corrected chi connectivity index (χ1v) is 13.3. The number of hydrogen-bond acceptors (Lipinski definition) is 7. The van der Waals surface area contributed by atoms with Gasteiger partial charge in [0.1, 0.15) is 18.1 Å². The van der Waals surface area contributed by atoms with Gasteiger partial charge in [0.15, 0.2) is 0 Å². The number of allylic oxidation sites excluding steroid dienone is 1. The van der Waals surface area contributed by atoms with Crippen LogP contribution in [-0.4, -0.2) is 63.9 Å². The Bertz CT molecular complexity index is 1070. The molecule has 37 heavy (non-hydrogen) atoms. The zero-order valence-corrected chi connectivity index (χ0v) is 21.4. The molecule has 2 aliphatic heterocycles. The maximum Gasteiger partial charge on any atom is 0.303 e. The van der Waals surface area contributed by atoms with Gasteiger partial charge in [-0.1, -0.05) is 18.9 Å². The molecule has 202 valence electrons. The summed E-state index contributed by atoms with van der Waals surface area (Å²) in [6.07, 6.45) is 6.28. The fourth-order valence-corrected chi connectivity index (χ4v) is 6.05. The van der Waals surface area contributed by atoms with Crippen LogP contribution in [0.2, 0.25) is 0 Å². The van der Waals surface area contributed by atoms with E-state index in [9.17, 15) is 24.6 Å². The molecule has 0 saturated carbocycles. The number of carbonyl (C=O) groups excluding carboxylic acids is 2. The lowest BCUT2D eigenvalue weighted by molar-refractivity contribution is -0.141. The summed E-state index contributed by atoms with van der Waals surface area (Å²) in [6, 6.07) is 3.58. The van der Waals surface area contributed by atoms with E-state index in [1.807, 2.05) is 12.1 Å². The zero-order valence-electron chi connectivity index (χ0n) is 21.4. The highest BCUT2D eigenvalue weighted by Gasteiger charge is 2.56. The lowest BCUT2D eigenvalue weighted by Crippen LogP contribution is -2.35. The van der Waals surface area contributed by atoms with Crippen LogP contribution in [-0.2, 0) is 25.7 Å². The Balaban J connectivity index is 1.42. The van der Waals surface area contributed by atoms with Crippen molar-refractivity contribution in [3.63, 3.8) is 0 Å². The summed E-state index contributed by atoms with van der Waals surface area (Å²) in [4.78, 5) is 38.5. The number of carboxylic acids is 1. The number of unbranched alkanes of at least 4 members (excludes halogenated alkanes) is 2. The van der Waals surface area contributed by atoms with Crippen molar-refractivity contribution in [3.8, 4) is 0 Å². The Hall–Kier alpha value is -2.75. The Morgan fingerprint density at radius 3 is 2.57 bits per heavy atom. The van der Waals surface area contributed by atoms with E-state index in [1.54, 1.807) is 6.07 Å². The van der Waals surface area contributed by atoms with Crippen molar-refractivity contribution in [2.75, 3.05) is 19.8 Å². The second-order valence-electron chi connectivity index (χ2n) is 10.2. The molecule has 3 heterocycles. The van der Waals surface area contributed by atoms with Crippen molar-refractivity contribution < 1.29 is 38.9 Å². The highest BCUT2D eigenvalue weighted by atomic mass is 16.5. The van der Waals surface area contributed by atoms with E-state index in [2.05, 4.69) is 6.92 Å². The van der Waals surface area contributed by atoms with E-state index in [0.29, 0.717) is 56.8 Å². The fraction of sp³-hybridized carbons (Fsp3) is 0.607. The quantitative estimate of drug-likeness (QED) is 0.207. The summed E-state index contributed by atoms with van der Waals surface area (Å²) < 4.78 is 11.8. The first-order chi connectivity index (χ1) is 17.9. The third-order valence-electron chi connectivity index (χ3n) is 7.93. The molecule has 2 saturated heterocycles. The number of nitrogens with zero attached hydrogens (tertiary/aromatic N) is 1. The Morgan fingerprint density at radius 1 is 1.08 bits per heavy atom. The average molecular weight is 516 g/mol. The lowest BCUT2D eigenvalue weighted by Gasteiger charge is -2.31. The molecule has 9 heteroatoms. The molecule has 3 N–H and O–H groups in total. The molecule has 0 aromatic carbocycles. The van der Waals surface area contributed by atoms with Crippen LogP contribution >= 0.6 is 0 Å². The highest BCUT2D eigenvalue weighted by Crippen LogP contribution is 2.49. The number of aliphatic hydroxyl groups excluding tert-OH is 2. The fourth-order valence-electron chi connectivity index (χ4n) is 6.05. The summed E-state index contributed by atoms with van der Waals surface area (Å²) in [5, 5.41) is 28.2. The second kappa shape index (κ2) is 12.2. The molecule has 4 atom stereocenters. The van der Waals surface area contributed by atoms with E-state index in [-0.39, 0.29) is 43.5 Å². The summed E-state index contributed by atoms with van der Waals surface area (Å²) in [6.45, 7) is 2.44.